The third-order valence-corrected chi connectivity index (χ3v) is 4.84. The molecule has 2 heterocycles. The highest BCUT2D eigenvalue weighted by Gasteiger charge is 2.13. The van der Waals surface area contributed by atoms with Gasteiger partial charge in [-0.05, 0) is 24.6 Å². The number of hydrazone groups is 1. The number of ether oxygens (including phenoxy) is 2. The molecule has 0 saturated heterocycles. The number of nitro benzene ring substituents is 1. The van der Waals surface area contributed by atoms with Gasteiger partial charge in [-0.3, -0.25) is 15.5 Å². The van der Waals surface area contributed by atoms with E-state index >= 15 is 0 Å². The zero-order valence-electron chi connectivity index (χ0n) is 14.9. The molecule has 0 radical (unpaired) electrons. The van der Waals surface area contributed by atoms with Crippen LogP contribution in [-0.2, 0) is 6.42 Å². The maximum Gasteiger partial charge on any atom is 0.270 e. The van der Waals surface area contributed by atoms with Gasteiger partial charge in [-0.1, -0.05) is 18.2 Å². The van der Waals surface area contributed by atoms with Gasteiger partial charge in [0.1, 0.15) is 0 Å². The van der Waals surface area contributed by atoms with Crippen molar-refractivity contribution in [3.05, 3.63) is 63.5 Å². The number of anilines is 1. The van der Waals surface area contributed by atoms with Crippen LogP contribution in [0.25, 0.3) is 11.3 Å². The number of thiazole rings is 1. The molecule has 0 spiro atoms. The molecule has 8 nitrogen and oxygen atoms in total. The summed E-state index contributed by atoms with van der Waals surface area (Å²) >= 11 is 1.39. The molecule has 0 bridgehead atoms. The molecule has 0 aliphatic carbocycles. The van der Waals surface area contributed by atoms with E-state index in [1.54, 1.807) is 12.1 Å². The Morgan fingerprint density at radius 2 is 2.14 bits per heavy atom. The van der Waals surface area contributed by atoms with Crippen molar-refractivity contribution >= 4 is 27.9 Å². The highest BCUT2D eigenvalue weighted by Crippen LogP contribution is 2.32. The lowest BCUT2D eigenvalue weighted by atomic mass is 10.1. The average Bonchev–Trinajstić information content (AvgIpc) is 3.35. The Bertz CT molecular complexity index is 1060. The third-order valence-electron chi connectivity index (χ3n) is 4.10. The summed E-state index contributed by atoms with van der Waals surface area (Å²) in [6.45, 7) is 2.18. The molecule has 9 heteroatoms. The van der Waals surface area contributed by atoms with Gasteiger partial charge in [-0.25, -0.2) is 4.98 Å². The predicted molar refractivity (Wildman–Crippen MR) is 107 cm³/mol. The normalized spacial score (nSPS) is 12.8. The van der Waals surface area contributed by atoms with Crippen LogP contribution in [-0.4, -0.2) is 22.4 Å². The SMILES string of the molecule is CC(Cc1ccc2c(c1)OCO2)=NNc1nc(-c2cccc([N+](=O)[O-])c2)cs1. The van der Waals surface area contributed by atoms with Crippen LogP contribution < -0.4 is 14.9 Å². The molecule has 4 rings (SSSR count). The number of nitro groups is 1. The average molecular weight is 396 g/mol. The Labute approximate surface area is 164 Å². The number of hydrogen-bond donors (Lipinski definition) is 1. The summed E-state index contributed by atoms with van der Waals surface area (Å²) in [5, 5.41) is 17.7. The minimum Gasteiger partial charge on any atom is -0.454 e. The summed E-state index contributed by atoms with van der Waals surface area (Å²) in [4.78, 5) is 15.0. The number of hydrogen-bond acceptors (Lipinski definition) is 8. The van der Waals surface area contributed by atoms with E-state index in [4.69, 9.17) is 9.47 Å². The Hall–Kier alpha value is -3.46. The van der Waals surface area contributed by atoms with Crippen molar-refractivity contribution in [2.24, 2.45) is 5.10 Å². The van der Waals surface area contributed by atoms with Crippen molar-refractivity contribution in [1.29, 1.82) is 0 Å². The minimum atomic E-state index is -0.418. The first-order chi connectivity index (χ1) is 13.6. The predicted octanol–water partition coefficient (Wildman–Crippen LogP) is 4.48. The Kier molecular flexibility index (Phi) is 4.90. The second kappa shape index (κ2) is 7.65. The number of benzene rings is 2. The Morgan fingerprint density at radius 1 is 1.29 bits per heavy atom. The molecule has 142 valence electrons. The zero-order valence-corrected chi connectivity index (χ0v) is 15.7. The van der Waals surface area contributed by atoms with Crippen molar-refractivity contribution in [2.45, 2.75) is 13.3 Å². The topological polar surface area (TPSA) is 98.9 Å². The summed E-state index contributed by atoms with van der Waals surface area (Å²) in [6, 6.07) is 12.2. The summed E-state index contributed by atoms with van der Waals surface area (Å²) in [7, 11) is 0. The van der Waals surface area contributed by atoms with Crippen LogP contribution in [0.4, 0.5) is 10.8 Å². The largest absolute Gasteiger partial charge is 0.454 e. The van der Waals surface area contributed by atoms with E-state index in [1.807, 2.05) is 30.5 Å². The molecule has 0 atom stereocenters. The van der Waals surface area contributed by atoms with E-state index in [-0.39, 0.29) is 12.5 Å². The fourth-order valence-electron chi connectivity index (χ4n) is 2.77. The Morgan fingerprint density at radius 3 is 3.00 bits per heavy atom. The van der Waals surface area contributed by atoms with Crippen molar-refractivity contribution in [3.63, 3.8) is 0 Å². The van der Waals surface area contributed by atoms with Crippen molar-refractivity contribution in [1.82, 2.24) is 4.98 Å². The number of non-ortho nitro benzene ring substituents is 1. The molecule has 0 saturated carbocycles. The van der Waals surface area contributed by atoms with Gasteiger partial charge < -0.3 is 9.47 Å². The first-order valence-electron chi connectivity index (χ1n) is 8.46. The van der Waals surface area contributed by atoms with Gasteiger partial charge in [0.2, 0.25) is 11.9 Å². The second-order valence-electron chi connectivity index (χ2n) is 6.17. The van der Waals surface area contributed by atoms with Crippen LogP contribution in [0, 0.1) is 10.1 Å². The van der Waals surface area contributed by atoms with Crippen molar-refractivity contribution in [2.75, 3.05) is 12.2 Å². The number of aromatic nitrogens is 1. The molecule has 1 N–H and O–H groups in total. The molecule has 1 aliphatic rings. The molecule has 2 aromatic carbocycles. The summed E-state index contributed by atoms with van der Waals surface area (Å²) in [5.41, 5.74) is 6.30. The highest BCUT2D eigenvalue weighted by molar-refractivity contribution is 7.14. The first kappa shape index (κ1) is 17.9. The highest BCUT2D eigenvalue weighted by atomic mass is 32.1. The van der Waals surface area contributed by atoms with Crippen LogP contribution in [0.5, 0.6) is 11.5 Å². The minimum absolute atomic E-state index is 0.0394. The van der Waals surface area contributed by atoms with Gasteiger partial charge in [0.05, 0.1) is 10.6 Å². The van der Waals surface area contributed by atoms with Crippen molar-refractivity contribution < 1.29 is 14.4 Å². The van der Waals surface area contributed by atoms with E-state index in [0.29, 0.717) is 22.8 Å². The van der Waals surface area contributed by atoms with E-state index < -0.39 is 4.92 Å². The van der Waals surface area contributed by atoms with Gasteiger partial charge in [-0.2, -0.15) is 5.10 Å². The smallest absolute Gasteiger partial charge is 0.270 e. The summed E-state index contributed by atoms with van der Waals surface area (Å²) < 4.78 is 10.7. The van der Waals surface area contributed by atoms with Crippen LogP contribution in [0.3, 0.4) is 0 Å². The molecular weight excluding hydrogens is 380 g/mol. The lowest BCUT2D eigenvalue weighted by Gasteiger charge is -2.03. The van der Waals surface area contributed by atoms with Crippen LogP contribution in [0.1, 0.15) is 12.5 Å². The maximum atomic E-state index is 10.9. The van der Waals surface area contributed by atoms with E-state index in [0.717, 1.165) is 22.8 Å². The Balaban J connectivity index is 1.42. The monoisotopic (exact) mass is 396 g/mol. The summed E-state index contributed by atoms with van der Waals surface area (Å²) in [6.07, 6.45) is 0.659. The quantitative estimate of drug-likeness (QED) is 0.375. The summed E-state index contributed by atoms with van der Waals surface area (Å²) in [5.74, 6) is 1.51. The molecule has 0 unspecified atom stereocenters. The molecule has 28 heavy (non-hydrogen) atoms. The van der Waals surface area contributed by atoms with Crippen LogP contribution in [0.2, 0.25) is 0 Å². The van der Waals surface area contributed by atoms with Gasteiger partial charge >= 0.3 is 0 Å². The molecule has 1 aliphatic heterocycles. The number of nitrogens with zero attached hydrogens (tertiary/aromatic N) is 3. The lowest BCUT2D eigenvalue weighted by molar-refractivity contribution is -0.384. The third kappa shape index (κ3) is 3.94. The van der Waals surface area contributed by atoms with E-state index in [1.165, 1.54) is 23.5 Å². The fraction of sp³-hybridized carbons (Fsp3) is 0.158. The maximum absolute atomic E-state index is 10.9. The molecule has 3 aromatic rings. The fourth-order valence-corrected chi connectivity index (χ4v) is 3.43. The standard InChI is InChI=1S/C19H16N4O4S/c1-12(7-13-5-6-17-18(8-13)27-11-26-17)21-22-19-20-16(10-28-19)14-3-2-4-15(9-14)23(24)25/h2-6,8-10H,7,11H2,1H3,(H,20,22). The van der Waals surface area contributed by atoms with Crippen LogP contribution >= 0.6 is 11.3 Å². The van der Waals surface area contributed by atoms with Crippen molar-refractivity contribution in [3.8, 4) is 22.8 Å². The lowest BCUT2D eigenvalue weighted by Crippen LogP contribution is -2.01. The van der Waals surface area contributed by atoms with Gasteiger partial charge in [0.25, 0.3) is 5.69 Å². The second-order valence-corrected chi connectivity index (χ2v) is 7.03. The van der Waals surface area contributed by atoms with E-state index in [2.05, 4.69) is 15.5 Å². The number of nitrogens with one attached hydrogen (secondary N) is 1. The van der Waals surface area contributed by atoms with E-state index in [9.17, 15) is 10.1 Å². The molecular formula is C19H16N4O4S. The van der Waals surface area contributed by atoms with Gasteiger partial charge in [0, 0.05) is 35.2 Å². The zero-order chi connectivity index (χ0) is 19.5. The van der Waals surface area contributed by atoms with Gasteiger partial charge in [0.15, 0.2) is 11.5 Å². The van der Waals surface area contributed by atoms with Gasteiger partial charge in [-0.15, -0.1) is 11.3 Å². The number of fused-ring (bicyclic) bond motifs is 1. The first-order valence-corrected chi connectivity index (χ1v) is 9.34. The number of rotatable bonds is 6. The van der Waals surface area contributed by atoms with Crippen LogP contribution in [0.15, 0.2) is 52.9 Å². The molecule has 0 amide bonds. The molecule has 1 aromatic heterocycles. The molecule has 0 fully saturated rings.